The van der Waals surface area contributed by atoms with E-state index in [0.29, 0.717) is 32.2 Å². The number of ether oxygens (including phenoxy) is 9. The van der Waals surface area contributed by atoms with E-state index in [1.54, 1.807) is 20.8 Å². The zero-order valence-electron chi connectivity index (χ0n) is 53.3. The van der Waals surface area contributed by atoms with Crippen LogP contribution in [0, 0.1) is 5.92 Å². The molecular formula is C56H101N8O27PS. The maximum atomic E-state index is 13.9. The number of nitrogens with one attached hydrogen (secondary N) is 8. The van der Waals surface area contributed by atoms with E-state index in [-0.39, 0.29) is 110 Å². The van der Waals surface area contributed by atoms with Crippen LogP contribution in [-0.2, 0) is 92.5 Å². The van der Waals surface area contributed by atoms with E-state index in [9.17, 15) is 84.4 Å². The number of amides is 7. The van der Waals surface area contributed by atoms with Gasteiger partial charge in [-0.2, -0.15) is 0 Å². The second kappa shape index (κ2) is 42.7. The molecule has 3 aliphatic heterocycles. The lowest BCUT2D eigenvalue weighted by atomic mass is 9.86. The van der Waals surface area contributed by atoms with Gasteiger partial charge < -0.3 is 141 Å². The predicted molar refractivity (Wildman–Crippen MR) is 326 cm³/mol. The number of carbonyl (C=O) groups is 7. The van der Waals surface area contributed by atoms with Gasteiger partial charge >= 0.3 is 0 Å². The molecule has 0 bridgehead atoms. The molecule has 18 N–H and O–H groups in total. The molecule has 1 aliphatic carbocycles. The van der Waals surface area contributed by atoms with Crippen LogP contribution < -0.4 is 42.5 Å². The number of aliphatic hydroxyl groups excluding tert-OH is 9. The van der Waals surface area contributed by atoms with Gasteiger partial charge in [-0.1, -0.05) is 20.8 Å². The van der Waals surface area contributed by atoms with Crippen LogP contribution in [0.4, 0.5) is 0 Å². The van der Waals surface area contributed by atoms with E-state index in [2.05, 4.69) is 42.5 Å². The standard InChI is InChI=1S/C56H101N8O27PS/c1-6-57-42-48(75)45(72)37(27-65)88-54(42)85-24-21-82-18-15-58-40(70)13-11-35(52(79)59-16-19-83-22-25-86-55-43(61-31(4)68)49(76)46(73)38(28-66)89-55)63-41(71)14-12-36(64-51(78)33-7-9-34(10-8-33)91-92(81,93)30(2)3)53(80)60-17-20-84-23-26-87-56-44(62-32(5)69)50(77)47(74)39(29-67)90-56/h30,33-39,42-50,54-57,65-67,72-77H,6-29H2,1-5H3,(H,58,70)(H,59,79)(H,60,80)(H,61,68)(H,62,69)(H,63,71)(H,64,78)(H,81,93). The molecule has 0 spiro atoms. The summed E-state index contributed by atoms with van der Waals surface area (Å²) >= 11 is 5.32. The Morgan fingerprint density at radius 1 is 0.527 bits per heavy atom. The quantitative estimate of drug-likeness (QED) is 0.0199. The molecule has 3 heterocycles. The maximum Gasteiger partial charge on any atom is 0.242 e. The van der Waals surface area contributed by atoms with Crippen LogP contribution in [0.5, 0.6) is 0 Å². The minimum Gasteiger partial charge on any atom is -0.394 e. The Kier molecular flexibility index (Phi) is 37.4. The van der Waals surface area contributed by atoms with E-state index in [4.69, 9.17) is 59.0 Å². The molecule has 538 valence electrons. The second-order valence-corrected chi connectivity index (χ2v) is 27.0. The number of aliphatic hydroxyl groups is 9. The summed E-state index contributed by atoms with van der Waals surface area (Å²) in [5.41, 5.74) is -0.277. The summed E-state index contributed by atoms with van der Waals surface area (Å²) in [6.07, 6.45) is -15.8. The number of rotatable bonds is 42. The highest BCUT2D eigenvalue weighted by molar-refractivity contribution is 8.09. The van der Waals surface area contributed by atoms with Crippen molar-refractivity contribution in [3.05, 3.63) is 0 Å². The van der Waals surface area contributed by atoms with Gasteiger partial charge in [0.1, 0.15) is 79.1 Å². The summed E-state index contributed by atoms with van der Waals surface area (Å²) in [6.45, 7) is 2.36. The Balaban J connectivity index is 1.36. The highest BCUT2D eigenvalue weighted by atomic mass is 32.5. The lowest BCUT2D eigenvalue weighted by Crippen LogP contribution is -2.64. The minimum atomic E-state index is -3.08. The molecule has 1 saturated carbocycles. The Bertz CT molecular complexity index is 2320. The molecule has 37 heteroatoms. The van der Waals surface area contributed by atoms with Gasteiger partial charge in [0.2, 0.25) is 41.4 Å². The first-order valence-corrected chi connectivity index (χ1v) is 34.2. The first kappa shape index (κ1) is 81.5. The average Bonchev–Trinajstić information content (AvgIpc) is 1.04. The summed E-state index contributed by atoms with van der Waals surface area (Å²) in [5, 5.41) is 113. The number of hydrogen-bond acceptors (Lipinski definition) is 28. The molecule has 18 atom stereocenters. The molecule has 0 aromatic carbocycles. The second-order valence-electron chi connectivity index (χ2n) is 23.0. The molecule has 18 unspecified atom stereocenters. The normalized spacial score (nSPS) is 30.3. The third kappa shape index (κ3) is 27.5. The third-order valence-corrected chi connectivity index (χ3v) is 19.0. The Labute approximate surface area is 545 Å². The van der Waals surface area contributed by atoms with E-state index >= 15 is 0 Å². The number of likely N-dealkylation sites (N-methyl/N-ethyl adjacent to an activating group) is 1. The summed E-state index contributed by atoms with van der Waals surface area (Å²) in [5.74, 6) is -4.79. The van der Waals surface area contributed by atoms with Crippen molar-refractivity contribution in [2.45, 2.75) is 202 Å². The predicted octanol–water partition coefficient (Wildman–Crippen LogP) is -7.45. The highest BCUT2D eigenvalue weighted by Crippen LogP contribution is 2.50. The SMILES string of the molecule is CCNC1C(OCCOCCNC(=O)CCC(NC(=O)CCC(NC(=O)C2CCC(OP(O)(=S)C(C)C)CC2)C(=O)NCCOCCOC2OC(CO)C(O)C(O)C2NC(C)=O)C(=O)NCCOCCOC2OC(CO)C(O)C(O)C2NC(C)=O)OC(CO)C(O)C1O. The van der Waals surface area contributed by atoms with E-state index < -0.39 is 184 Å². The van der Waals surface area contributed by atoms with Gasteiger partial charge in [0.15, 0.2) is 25.4 Å². The van der Waals surface area contributed by atoms with E-state index in [1.807, 2.05) is 0 Å². The van der Waals surface area contributed by atoms with Crippen LogP contribution in [0.2, 0.25) is 0 Å². The van der Waals surface area contributed by atoms with Gasteiger partial charge in [-0.05, 0) is 56.9 Å². The van der Waals surface area contributed by atoms with Crippen LogP contribution in [0.25, 0.3) is 0 Å². The van der Waals surface area contributed by atoms with Gasteiger partial charge in [0.05, 0.1) is 91.4 Å². The van der Waals surface area contributed by atoms with Crippen molar-refractivity contribution in [2.75, 3.05) is 105 Å². The lowest BCUT2D eigenvalue weighted by molar-refractivity contribution is -0.272. The molecule has 93 heavy (non-hydrogen) atoms. The summed E-state index contributed by atoms with van der Waals surface area (Å²) in [6, 6.07) is -5.78. The van der Waals surface area contributed by atoms with Gasteiger partial charge in [-0.3, -0.25) is 33.6 Å². The molecule has 0 aromatic heterocycles. The van der Waals surface area contributed by atoms with Crippen molar-refractivity contribution in [1.82, 2.24) is 42.5 Å². The minimum absolute atomic E-state index is 0.0179. The number of carbonyl (C=O) groups excluding carboxylic acids is 7. The molecular weight excluding hydrogens is 1280 g/mol. The Hall–Kier alpha value is -3.90. The summed E-state index contributed by atoms with van der Waals surface area (Å²) in [4.78, 5) is 103. The van der Waals surface area contributed by atoms with Gasteiger partial charge in [0.25, 0.3) is 0 Å². The van der Waals surface area contributed by atoms with Crippen molar-refractivity contribution in [1.29, 1.82) is 0 Å². The third-order valence-electron chi connectivity index (χ3n) is 15.6. The van der Waals surface area contributed by atoms with Gasteiger partial charge in [-0.15, -0.1) is 0 Å². The molecule has 0 radical (unpaired) electrons. The fourth-order valence-electron chi connectivity index (χ4n) is 10.4. The summed E-state index contributed by atoms with van der Waals surface area (Å²) < 4.78 is 56.4. The van der Waals surface area contributed by atoms with Crippen LogP contribution in [0.1, 0.15) is 86.0 Å². The van der Waals surface area contributed by atoms with Gasteiger partial charge in [0, 0.05) is 57.9 Å². The zero-order valence-corrected chi connectivity index (χ0v) is 55.0. The van der Waals surface area contributed by atoms with Crippen molar-refractivity contribution >= 4 is 59.6 Å². The first-order chi connectivity index (χ1) is 44.3. The van der Waals surface area contributed by atoms with Crippen molar-refractivity contribution in [3.8, 4) is 0 Å². The molecule has 4 aliphatic rings. The average molecular weight is 1380 g/mol. The molecule has 4 fully saturated rings. The van der Waals surface area contributed by atoms with Crippen LogP contribution in [-0.4, -0.2) is 313 Å². The molecule has 35 nitrogen and oxygen atoms in total. The van der Waals surface area contributed by atoms with E-state index in [0.717, 1.165) is 0 Å². The van der Waals surface area contributed by atoms with Crippen molar-refractivity contribution in [2.24, 2.45) is 5.92 Å². The molecule has 3 saturated heterocycles. The van der Waals surface area contributed by atoms with E-state index in [1.165, 1.54) is 13.8 Å². The van der Waals surface area contributed by atoms with Crippen LogP contribution >= 0.6 is 6.49 Å². The molecule has 7 amide bonds. The highest BCUT2D eigenvalue weighted by Gasteiger charge is 2.48. The van der Waals surface area contributed by atoms with Crippen LogP contribution in [0.15, 0.2) is 0 Å². The van der Waals surface area contributed by atoms with Gasteiger partial charge in [-0.25, -0.2) is 0 Å². The smallest absolute Gasteiger partial charge is 0.242 e. The first-order valence-electron chi connectivity index (χ1n) is 31.4. The number of hydrogen-bond donors (Lipinski definition) is 18. The monoisotopic (exact) mass is 1380 g/mol. The lowest BCUT2D eigenvalue weighted by Gasteiger charge is -2.42. The van der Waals surface area contributed by atoms with Crippen LogP contribution in [0.3, 0.4) is 0 Å². The summed E-state index contributed by atoms with van der Waals surface area (Å²) in [7, 11) is 0. The fourth-order valence-corrected chi connectivity index (χ4v) is 11.6. The van der Waals surface area contributed by atoms with Crippen molar-refractivity contribution in [3.63, 3.8) is 0 Å². The largest absolute Gasteiger partial charge is 0.394 e. The molecule has 4 rings (SSSR count). The Morgan fingerprint density at radius 3 is 1.31 bits per heavy atom. The maximum absolute atomic E-state index is 13.9. The Morgan fingerprint density at radius 2 is 0.914 bits per heavy atom. The topological polar surface area (TPSA) is 510 Å². The zero-order chi connectivity index (χ0) is 68.8. The fraction of sp³-hybridized carbons (Fsp3) is 0.875. The van der Waals surface area contributed by atoms with Crippen molar-refractivity contribution < 1.29 is 132 Å². The molecule has 0 aromatic rings.